The van der Waals surface area contributed by atoms with Crippen molar-refractivity contribution in [1.82, 2.24) is 4.57 Å². The Morgan fingerprint density at radius 1 is 0.911 bits per heavy atom. The molecule has 0 bridgehead atoms. The number of aromatic nitrogens is 1. The Morgan fingerprint density at radius 3 is 2.04 bits per heavy atom. The first-order valence-electron chi connectivity index (χ1n) is 14.9. The van der Waals surface area contributed by atoms with E-state index in [-0.39, 0.29) is 17.6 Å². The molecule has 0 saturated heterocycles. The highest BCUT2D eigenvalue weighted by Crippen LogP contribution is 2.31. The Balaban J connectivity index is 1.33. The van der Waals surface area contributed by atoms with Gasteiger partial charge in [0.25, 0.3) is 5.56 Å². The summed E-state index contributed by atoms with van der Waals surface area (Å²) >= 11 is 1.28. The van der Waals surface area contributed by atoms with Crippen LogP contribution in [-0.4, -0.2) is 37.5 Å². The molecule has 0 N–H and O–H groups in total. The fourth-order valence-electron chi connectivity index (χ4n) is 5.07. The van der Waals surface area contributed by atoms with E-state index < -0.39 is 12.0 Å². The number of fused-ring (bicyclic) bond motifs is 1. The molecule has 5 rings (SSSR count). The molecule has 0 saturated carbocycles. The van der Waals surface area contributed by atoms with Crippen LogP contribution in [0.4, 0.5) is 0 Å². The van der Waals surface area contributed by atoms with Gasteiger partial charge < -0.3 is 18.9 Å². The molecule has 0 fully saturated rings. The van der Waals surface area contributed by atoms with Crippen LogP contribution in [0.3, 0.4) is 0 Å². The highest BCUT2D eigenvalue weighted by molar-refractivity contribution is 7.07. The second-order valence-electron chi connectivity index (χ2n) is 11.6. The minimum absolute atomic E-state index is 0.0983. The molecular formula is C36H38N2O6S. The molecule has 0 amide bonds. The largest absolute Gasteiger partial charge is 0.497 e. The van der Waals surface area contributed by atoms with E-state index in [1.807, 2.05) is 66.7 Å². The average molecular weight is 627 g/mol. The van der Waals surface area contributed by atoms with Gasteiger partial charge in [-0.25, -0.2) is 9.79 Å². The van der Waals surface area contributed by atoms with Gasteiger partial charge in [-0.15, -0.1) is 0 Å². The van der Waals surface area contributed by atoms with Crippen molar-refractivity contribution in [1.29, 1.82) is 0 Å². The molecule has 45 heavy (non-hydrogen) atoms. The van der Waals surface area contributed by atoms with Crippen LogP contribution >= 0.6 is 11.3 Å². The molecule has 4 aromatic rings. The molecular weight excluding hydrogens is 588 g/mol. The van der Waals surface area contributed by atoms with E-state index >= 15 is 0 Å². The summed E-state index contributed by atoms with van der Waals surface area (Å²) in [5.74, 6) is 1.69. The number of esters is 1. The number of nitrogens with zero attached hydrogens (tertiary/aromatic N) is 2. The first kappa shape index (κ1) is 31.8. The van der Waals surface area contributed by atoms with Gasteiger partial charge in [0.1, 0.15) is 30.5 Å². The van der Waals surface area contributed by atoms with Crippen molar-refractivity contribution in [3.8, 4) is 17.2 Å². The molecule has 234 valence electrons. The summed E-state index contributed by atoms with van der Waals surface area (Å²) in [7, 11) is 1.59. The highest BCUT2D eigenvalue weighted by Gasteiger charge is 2.33. The number of carbonyl (C=O) groups excluding carboxylic acids is 1. The van der Waals surface area contributed by atoms with Crippen molar-refractivity contribution in [2.24, 2.45) is 4.99 Å². The van der Waals surface area contributed by atoms with E-state index in [9.17, 15) is 9.59 Å². The summed E-state index contributed by atoms with van der Waals surface area (Å²) in [6.45, 7) is 11.1. The van der Waals surface area contributed by atoms with E-state index in [2.05, 4.69) is 37.9 Å². The van der Waals surface area contributed by atoms with Crippen LogP contribution < -0.4 is 29.1 Å². The number of ether oxygens (including phenoxy) is 4. The van der Waals surface area contributed by atoms with E-state index in [0.717, 1.165) is 16.9 Å². The van der Waals surface area contributed by atoms with Crippen LogP contribution in [0.25, 0.3) is 6.08 Å². The summed E-state index contributed by atoms with van der Waals surface area (Å²) in [5.41, 5.74) is 3.58. The van der Waals surface area contributed by atoms with Gasteiger partial charge in [0.15, 0.2) is 4.80 Å². The third-order valence-corrected chi connectivity index (χ3v) is 8.45. The van der Waals surface area contributed by atoms with Crippen molar-refractivity contribution in [2.75, 3.05) is 26.9 Å². The van der Waals surface area contributed by atoms with E-state index in [1.165, 1.54) is 16.9 Å². The SMILES string of the molecule is CCOC(=O)C1=C(C)N=c2s/c(=C\c3ccc(OCCOc4ccc(C(C)(C)C)cc4)cc3)c(=O)n2[C@H]1c1ccc(OC)cc1. The molecule has 0 aliphatic carbocycles. The van der Waals surface area contributed by atoms with Crippen LogP contribution in [0, 0.1) is 0 Å². The van der Waals surface area contributed by atoms with E-state index in [0.29, 0.717) is 45.3 Å². The maximum atomic E-state index is 13.8. The van der Waals surface area contributed by atoms with Crippen LogP contribution in [-0.2, 0) is 14.9 Å². The average Bonchev–Trinajstić information content (AvgIpc) is 3.33. The van der Waals surface area contributed by atoms with Gasteiger partial charge in [0.05, 0.1) is 35.6 Å². The summed E-state index contributed by atoms with van der Waals surface area (Å²) in [5, 5.41) is 0. The maximum absolute atomic E-state index is 13.8. The standard InChI is InChI=1S/C36H38N2O6S/c1-7-42-34(40)31-23(2)37-35-38(32(31)25-10-16-27(41-6)17-11-25)33(39)30(45-35)22-24-8-14-28(15-9-24)43-20-21-44-29-18-12-26(13-19-29)36(3,4)5/h8-19,22,32H,7,20-21H2,1-6H3/b30-22-/t32-/m0/s1. The van der Waals surface area contributed by atoms with Gasteiger partial charge in [-0.2, -0.15) is 0 Å². The van der Waals surface area contributed by atoms with Crippen LogP contribution in [0.2, 0.25) is 0 Å². The molecule has 0 radical (unpaired) electrons. The van der Waals surface area contributed by atoms with Crippen LogP contribution in [0.1, 0.15) is 57.4 Å². The maximum Gasteiger partial charge on any atom is 0.338 e. The lowest BCUT2D eigenvalue weighted by Gasteiger charge is -2.24. The first-order chi connectivity index (χ1) is 21.6. The number of benzene rings is 3. The summed E-state index contributed by atoms with van der Waals surface area (Å²) < 4.78 is 24.5. The van der Waals surface area contributed by atoms with Crippen molar-refractivity contribution < 1.29 is 23.7 Å². The van der Waals surface area contributed by atoms with Crippen molar-refractivity contribution >= 4 is 23.4 Å². The Bertz CT molecular complexity index is 1860. The predicted molar refractivity (Wildman–Crippen MR) is 176 cm³/mol. The number of hydrogen-bond acceptors (Lipinski definition) is 8. The monoisotopic (exact) mass is 626 g/mol. The lowest BCUT2D eigenvalue weighted by atomic mass is 9.87. The molecule has 1 aliphatic rings. The summed E-state index contributed by atoms with van der Waals surface area (Å²) in [6.07, 6.45) is 1.83. The van der Waals surface area contributed by atoms with Crippen molar-refractivity contribution in [2.45, 2.75) is 46.1 Å². The molecule has 1 aliphatic heterocycles. The molecule has 0 spiro atoms. The van der Waals surface area contributed by atoms with Gasteiger partial charge in [-0.05, 0) is 78.4 Å². The normalized spacial score (nSPS) is 14.9. The van der Waals surface area contributed by atoms with Crippen LogP contribution in [0.15, 0.2) is 93.9 Å². The minimum Gasteiger partial charge on any atom is -0.497 e. The first-order valence-corrected chi connectivity index (χ1v) is 15.7. The Kier molecular flexibility index (Phi) is 9.58. The zero-order chi connectivity index (χ0) is 32.1. The molecule has 9 heteroatoms. The Morgan fingerprint density at radius 2 is 1.49 bits per heavy atom. The van der Waals surface area contributed by atoms with Gasteiger partial charge in [0.2, 0.25) is 0 Å². The number of rotatable bonds is 10. The number of methoxy groups -OCH3 is 1. The molecule has 1 atom stereocenters. The fourth-order valence-corrected chi connectivity index (χ4v) is 6.12. The lowest BCUT2D eigenvalue weighted by molar-refractivity contribution is -0.139. The predicted octanol–water partition coefficient (Wildman–Crippen LogP) is 5.56. The van der Waals surface area contributed by atoms with E-state index in [4.69, 9.17) is 18.9 Å². The number of thiazole rings is 1. The third-order valence-electron chi connectivity index (χ3n) is 7.47. The number of carbonyl (C=O) groups is 1. The Hall–Kier alpha value is -4.63. The molecule has 3 aromatic carbocycles. The zero-order valence-corrected chi connectivity index (χ0v) is 27.3. The Labute approximate surface area is 266 Å². The molecule has 2 heterocycles. The van der Waals surface area contributed by atoms with Crippen LogP contribution in [0.5, 0.6) is 17.2 Å². The van der Waals surface area contributed by atoms with Crippen molar-refractivity contribution in [3.05, 3.63) is 120 Å². The molecule has 0 unspecified atom stereocenters. The van der Waals surface area contributed by atoms with Gasteiger partial charge in [-0.1, -0.05) is 68.5 Å². The van der Waals surface area contributed by atoms with E-state index in [1.54, 1.807) is 25.5 Å². The molecule has 1 aromatic heterocycles. The van der Waals surface area contributed by atoms with Gasteiger partial charge >= 0.3 is 5.97 Å². The topological polar surface area (TPSA) is 88.4 Å². The van der Waals surface area contributed by atoms with Gasteiger partial charge in [0, 0.05) is 0 Å². The summed E-state index contributed by atoms with van der Waals surface area (Å²) in [4.78, 5) is 32.1. The second kappa shape index (κ2) is 13.6. The number of allylic oxidation sites excluding steroid dienone is 1. The minimum atomic E-state index is -0.678. The zero-order valence-electron chi connectivity index (χ0n) is 26.5. The fraction of sp³-hybridized carbons (Fsp3) is 0.306. The molecule has 8 nitrogen and oxygen atoms in total. The van der Waals surface area contributed by atoms with Gasteiger partial charge in [-0.3, -0.25) is 9.36 Å². The third kappa shape index (κ3) is 7.20. The lowest BCUT2D eigenvalue weighted by Crippen LogP contribution is -2.39. The summed E-state index contributed by atoms with van der Waals surface area (Å²) in [6, 6.07) is 22.3. The second-order valence-corrected chi connectivity index (χ2v) is 12.6. The quantitative estimate of drug-likeness (QED) is 0.169. The number of hydrogen-bond donors (Lipinski definition) is 0. The smallest absolute Gasteiger partial charge is 0.338 e. The highest BCUT2D eigenvalue weighted by atomic mass is 32.1. The van der Waals surface area contributed by atoms with Crippen molar-refractivity contribution in [3.63, 3.8) is 0 Å².